The minimum Gasteiger partial charge on any atom is -0.459 e. The number of aromatic nitrogens is 2. The normalized spacial score (nSPS) is 14.9. The Morgan fingerprint density at radius 1 is 0.941 bits per heavy atom. The van der Waals surface area contributed by atoms with Crippen LogP contribution in [0.3, 0.4) is 0 Å². The van der Waals surface area contributed by atoms with E-state index in [1.807, 2.05) is 35.2 Å². The first-order valence-electron chi connectivity index (χ1n) is 10.9. The summed E-state index contributed by atoms with van der Waals surface area (Å²) in [5, 5.41) is 0.542. The van der Waals surface area contributed by atoms with Gasteiger partial charge in [0.2, 0.25) is 0 Å². The number of halogens is 3. The van der Waals surface area contributed by atoms with Gasteiger partial charge in [-0.15, -0.1) is 0 Å². The summed E-state index contributed by atoms with van der Waals surface area (Å²) in [5.74, 6) is 0.664. The monoisotopic (exact) mass is 466 g/mol. The molecule has 0 N–H and O–H groups in total. The van der Waals surface area contributed by atoms with Crippen molar-refractivity contribution in [3.63, 3.8) is 0 Å². The molecule has 174 valence electrons. The Bertz CT molecular complexity index is 1310. The molecule has 34 heavy (non-hydrogen) atoms. The third kappa shape index (κ3) is 4.21. The van der Waals surface area contributed by atoms with Gasteiger partial charge in [0.1, 0.15) is 11.5 Å². The molecule has 1 fully saturated rings. The van der Waals surface area contributed by atoms with Crippen LogP contribution in [0, 0.1) is 0 Å². The van der Waals surface area contributed by atoms with E-state index in [2.05, 4.69) is 9.97 Å². The van der Waals surface area contributed by atoms with Gasteiger partial charge in [-0.3, -0.25) is 4.79 Å². The largest absolute Gasteiger partial charge is 0.459 e. The van der Waals surface area contributed by atoms with Crippen LogP contribution in [0.1, 0.15) is 22.7 Å². The number of hydrogen-bond donors (Lipinski definition) is 0. The molecule has 0 spiro atoms. The van der Waals surface area contributed by atoms with Gasteiger partial charge < -0.3 is 14.2 Å². The lowest BCUT2D eigenvalue weighted by Gasteiger charge is -2.24. The van der Waals surface area contributed by atoms with Crippen LogP contribution in [-0.2, 0) is 6.18 Å². The van der Waals surface area contributed by atoms with Crippen molar-refractivity contribution in [2.45, 2.75) is 12.6 Å². The molecule has 0 atom stereocenters. The lowest BCUT2D eigenvalue weighted by atomic mass is 10.0. The zero-order chi connectivity index (χ0) is 23.7. The van der Waals surface area contributed by atoms with E-state index in [9.17, 15) is 18.0 Å². The van der Waals surface area contributed by atoms with E-state index < -0.39 is 11.9 Å². The molecule has 0 bridgehead atoms. The quantitative estimate of drug-likeness (QED) is 0.412. The Morgan fingerprint density at radius 2 is 1.76 bits per heavy atom. The molecule has 0 unspecified atom stereocenters. The van der Waals surface area contributed by atoms with Crippen molar-refractivity contribution in [1.82, 2.24) is 14.9 Å². The molecule has 3 aromatic heterocycles. The van der Waals surface area contributed by atoms with Gasteiger partial charge in [0, 0.05) is 43.3 Å². The van der Waals surface area contributed by atoms with Crippen molar-refractivity contribution in [2.75, 3.05) is 31.1 Å². The second-order valence-corrected chi connectivity index (χ2v) is 8.06. The SMILES string of the molecule is O=C(c1ccco1)N1CCCN(c2ncc(-c3ccccc3)c3nc(C(F)(F)F)ccc23)CC1. The van der Waals surface area contributed by atoms with Gasteiger partial charge >= 0.3 is 6.18 Å². The van der Waals surface area contributed by atoms with Gasteiger partial charge in [-0.25, -0.2) is 9.97 Å². The molecule has 4 heterocycles. The van der Waals surface area contributed by atoms with Crippen LogP contribution in [0.4, 0.5) is 19.0 Å². The number of carbonyl (C=O) groups is 1. The Labute approximate surface area is 193 Å². The van der Waals surface area contributed by atoms with Gasteiger partial charge in [-0.1, -0.05) is 30.3 Å². The second-order valence-electron chi connectivity index (χ2n) is 8.06. The summed E-state index contributed by atoms with van der Waals surface area (Å²) in [6.07, 6.45) is -0.828. The number of benzene rings is 1. The molecular formula is C25H21F3N4O2. The van der Waals surface area contributed by atoms with E-state index in [0.29, 0.717) is 49.4 Å². The third-order valence-electron chi connectivity index (χ3n) is 5.90. The molecule has 9 heteroatoms. The number of carbonyl (C=O) groups excluding carboxylic acids is 1. The molecular weight excluding hydrogens is 445 g/mol. The number of furan rings is 1. The highest BCUT2D eigenvalue weighted by Gasteiger charge is 2.33. The molecule has 1 aromatic carbocycles. The van der Waals surface area contributed by atoms with Crippen LogP contribution in [-0.4, -0.2) is 47.0 Å². The molecule has 1 aliphatic heterocycles. The van der Waals surface area contributed by atoms with E-state index >= 15 is 0 Å². The number of hydrogen-bond acceptors (Lipinski definition) is 5. The number of pyridine rings is 2. The zero-order valence-corrected chi connectivity index (χ0v) is 18.1. The molecule has 0 radical (unpaired) electrons. The number of alkyl halides is 3. The first-order valence-corrected chi connectivity index (χ1v) is 10.9. The maximum atomic E-state index is 13.5. The highest BCUT2D eigenvalue weighted by atomic mass is 19.4. The Balaban J connectivity index is 1.52. The van der Waals surface area contributed by atoms with Crippen LogP contribution in [0.25, 0.3) is 22.0 Å². The van der Waals surface area contributed by atoms with Crippen molar-refractivity contribution < 1.29 is 22.4 Å². The van der Waals surface area contributed by atoms with E-state index in [-0.39, 0.29) is 17.2 Å². The summed E-state index contributed by atoms with van der Waals surface area (Å²) in [6, 6.07) is 14.9. The lowest BCUT2D eigenvalue weighted by molar-refractivity contribution is -0.140. The Kier molecular flexibility index (Phi) is 5.69. The number of nitrogens with zero attached hydrogens (tertiary/aromatic N) is 4. The summed E-state index contributed by atoms with van der Waals surface area (Å²) in [6.45, 7) is 2.08. The first-order chi connectivity index (χ1) is 16.4. The van der Waals surface area contributed by atoms with E-state index in [0.717, 1.165) is 11.6 Å². The predicted molar refractivity (Wildman–Crippen MR) is 121 cm³/mol. The van der Waals surface area contributed by atoms with Crippen molar-refractivity contribution in [1.29, 1.82) is 0 Å². The average molecular weight is 466 g/mol. The zero-order valence-electron chi connectivity index (χ0n) is 18.1. The van der Waals surface area contributed by atoms with Gasteiger partial charge in [0.15, 0.2) is 5.76 Å². The highest BCUT2D eigenvalue weighted by molar-refractivity contribution is 5.99. The van der Waals surface area contributed by atoms with Gasteiger partial charge in [0.05, 0.1) is 11.8 Å². The summed E-state index contributed by atoms with van der Waals surface area (Å²) in [7, 11) is 0. The predicted octanol–water partition coefficient (Wildman–Crippen LogP) is 5.26. The summed E-state index contributed by atoms with van der Waals surface area (Å²) in [5.41, 5.74) is 0.582. The van der Waals surface area contributed by atoms with Crippen molar-refractivity contribution >= 4 is 22.6 Å². The summed E-state index contributed by atoms with van der Waals surface area (Å²) in [4.78, 5) is 25.1. The standard InChI is InChI=1S/C25H21F3N4O2/c26-25(27,28)21-10-9-18-22(30-21)19(17-6-2-1-3-7-17)16-29-23(18)31-11-5-12-32(14-13-31)24(33)20-8-4-15-34-20/h1-4,6-10,15-16H,5,11-14H2. The number of amides is 1. The van der Waals surface area contributed by atoms with Gasteiger partial charge in [0.25, 0.3) is 5.91 Å². The van der Waals surface area contributed by atoms with Gasteiger partial charge in [-0.05, 0) is 36.2 Å². The fraction of sp³-hybridized carbons (Fsp3) is 0.240. The Hall–Kier alpha value is -3.88. The first kappa shape index (κ1) is 21.9. The maximum Gasteiger partial charge on any atom is 0.433 e. The topological polar surface area (TPSA) is 62.5 Å². The van der Waals surface area contributed by atoms with Crippen LogP contribution in [0.15, 0.2) is 71.5 Å². The fourth-order valence-electron chi connectivity index (χ4n) is 4.23. The van der Waals surface area contributed by atoms with Crippen LogP contribution in [0.2, 0.25) is 0 Å². The molecule has 4 aromatic rings. The van der Waals surface area contributed by atoms with Crippen molar-refractivity contribution in [2.24, 2.45) is 0 Å². The maximum absolute atomic E-state index is 13.5. The molecule has 0 saturated carbocycles. The Morgan fingerprint density at radius 3 is 2.50 bits per heavy atom. The number of fused-ring (bicyclic) bond motifs is 1. The summed E-state index contributed by atoms with van der Waals surface area (Å²) < 4.78 is 45.6. The number of rotatable bonds is 3. The average Bonchev–Trinajstić information content (AvgIpc) is 3.27. The minimum absolute atomic E-state index is 0.180. The summed E-state index contributed by atoms with van der Waals surface area (Å²) >= 11 is 0. The molecule has 6 nitrogen and oxygen atoms in total. The lowest BCUT2D eigenvalue weighted by Crippen LogP contribution is -2.35. The molecule has 1 aliphatic rings. The smallest absolute Gasteiger partial charge is 0.433 e. The van der Waals surface area contributed by atoms with E-state index in [1.54, 1.807) is 23.2 Å². The van der Waals surface area contributed by atoms with Crippen molar-refractivity contribution in [3.8, 4) is 11.1 Å². The van der Waals surface area contributed by atoms with Crippen LogP contribution >= 0.6 is 0 Å². The minimum atomic E-state index is -4.55. The highest BCUT2D eigenvalue weighted by Crippen LogP contribution is 2.36. The molecule has 1 amide bonds. The second kappa shape index (κ2) is 8.81. The van der Waals surface area contributed by atoms with E-state index in [1.165, 1.54) is 12.3 Å². The van der Waals surface area contributed by atoms with Gasteiger partial charge in [-0.2, -0.15) is 13.2 Å². The molecule has 0 aliphatic carbocycles. The molecule has 5 rings (SSSR count). The number of anilines is 1. The molecule has 1 saturated heterocycles. The van der Waals surface area contributed by atoms with Crippen LogP contribution < -0.4 is 4.90 Å². The van der Waals surface area contributed by atoms with Crippen LogP contribution in [0.5, 0.6) is 0 Å². The fourth-order valence-corrected chi connectivity index (χ4v) is 4.23. The third-order valence-corrected chi connectivity index (χ3v) is 5.90. The van der Waals surface area contributed by atoms with Crippen molar-refractivity contribution in [3.05, 3.63) is 78.5 Å². The van der Waals surface area contributed by atoms with E-state index in [4.69, 9.17) is 4.42 Å².